The van der Waals surface area contributed by atoms with Gasteiger partial charge in [-0.3, -0.25) is 4.79 Å². The molecule has 0 heterocycles. The second-order valence-corrected chi connectivity index (χ2v) is 6.73. The zero-order valence-corrected chi connectivity index (χ0v) is 13.7. The Labute approximate surface area is 131 Å². The topological polar surface area (TPSA) is 75.7 Å². The van der Waals surface area contributed by atoms with Gasteiger partial charge in [0.15, 0.2) is 0 Å². The molecule has 0 aliphatic carbocycles. The number of rotatable bonds is 9. The number of benzene rings is 1. The molecule has 0 aliphatic heterocycles. The predicted octanol–water partition coefficient (Wildman–Crippen LogP) is 1.15. The number of ether oxygens (including phenoxy) is 1. The van der Waals surface area contributed by atoms with Crippen LogP contribution < -0.4 is 10.1 Å². The molecule has 1 aromatic carbocycles. The molecule has 22 heavy (non-hydrogen) atoms. The summed E-state index contributed by atoms with van der Waals surface area (Å²) in [4.78, 5) is 11.9. The molecule has 6 nitrogen and oxygen atoms in total. The summed E-state index contributed by atoms with van der Waals surface area (Å²) in [6.45, 7) is 4.17. The lowest BCUT2D eigenvalue weighted by Crippen LogP contribution is -2.34. The van der Waals surface area contributed by atoms with Crippen molar-refractivity contribution >= 4 is 15.9 Å². The van der Waals surface area contributed by atoms with Crippen molar-refractivity contribution in [2.24, 2.45) is 0 Å². The Bertz CT molecular complexity index is 614. The molecule has 0 saturated heterocycles. The maximum absolute atomic E-state index is 11.9. The first-order chi connectivity index (χ1) is 10.4. The molecule has 0 bridgehead atoms. The quantitative estimate of drug-likeness (QED) is 0.691. The molecule has 7 heteroatoms. The minimum Gasteiger partial charge on any atom is -0.496 e. The molecular weight excluding hydrogens is 304 g/mol. The van der Waals surface area contributed by atoms with Crippen molar-refractivity contribution < 1.29 is 17.9 Å². The summed E-state index contributed by atoms with van der Waals surface area (Å²) in [5, 5.41) is 2.76. The molecule has 0 fully saturated rings. The van der Waals surface area contributed by atoms with Gasteiger partial charge in [0.1, 0.15) is 5.75 Å². The van der Waals surface area contributed by atoms with Gasteiger partial charge in [-0.25, -0.2) is 8.42 Å². The van der Waals surface area contributed by atoms with Gasteiger partial charge in [-0.05, 0) is 6.07 Å². The summed E-state index contributed by atoms with van der Waals surface area (Å²) in [5.74, 6) is 0.482. The Kier molecular flexibility index (Phi) is 7.07. The fourth-order valence-electron chi connectivity index (χ4n) is 1.89. The van der Waals surface area contributed by atoms with Crippen LogP contribution in [0.4, 0.5) is 0 Å². The lowest BCUT2D eigenvalue weighted by atomic mass is 10.2. The average Bonchev–Trinajstić information content (AvgIpc) is 2.48. The fraction of sp³-hybridized carbons (Fsp3) is 0.400. The van der Waals surface area contributed by atoms with E-state index in [4.69, 9.17) is 4.74 Å². The molecule has 1 N–H and O–H groups in total. The molecule has 0 saturated carbocycles. The van der Waals surface area contributed by atoms with Crippen molar-refractivity contribution in [1.82, 2.24) is 9.62 Å². The minimum absolute atomic E-state index is 0.0933. The number of carbonyl (C=O) groups is 1. The SMILES string of the molecule is C=CCN(CCC(=O)NCc1ccccc1OC)S(C)(=O)=O. The van der Waals surface area contributed by atoms with Gasteiger partial charge in [-0.1, -0.05) is 24.3 Å². The maximum atomic E-state index is 11.9. The number of methoxy groups -OCH3 is 1. The number of nitrogens with zero attached hydrogens (tertiary/aromatic N) is 1. The van der Waals surface area contributed by atoms with Crippen molar-refractivity contribution in [2.75, 3.05) is 26.5 Å². The molecule has 1 aromatic rings. The second kappa shape index (κ2) is 8.55. The summed E-state index contributed by atoms with van der Waals surface area (Å²) >= 11 is 0. The van der Waals surface area contributed by atoms with E-state index in [9.17, 15) is 13.2 Å². The third-order valence-corrected chi connectivity index (χ3v) is 4.33. The van der Waals surface area contributed by atoms with Crippen molar-refractivity contribution in [3.8, 4) is 5.75 Å². The number of para-hydroxylation sites is 1. The third-order valence-electron chi connectivity index (χ3n) is 3.06. The maximum Gasteiger partial charge on any atom is 0.221 e. The molecule has 0 unspecified atom stereocenters. The van der Waals surface area contributed by atoms with Crippen LogP contribution in [-0.4, -0.2) is 45.1 Å². The van der Waals surface area contributed by atoms with E-state index in [0.717, 1.165) is 11.8 Å². The molecule has 0 aromatic heterocycles. The molecule has 122 valence electrons. The van der Waals surface area contributed by atoms with Crippen molar-refractivity contribution in [3.63, 3.8) is 0 Å². The largest absolute Gasteiger partial charge is 0.496 e. The fourth-order valence-corrected chi connectivity index (χ4v) is 2.69. The molecule has 1 rings (SSSR count). The Morgan fingerprint density at radius 2 is 2.09 bits per heavy atom. The number of hydrogen-bond acceptors (Lipinski definition) is 4. The van der Waals surface area contributed by atoms with Gasteiger partial charge in [0.25, 0.3) is 0 Å². The van der Waals surface area contributed by atoms with Crippen LogP contribution in [0.5, 0.6) is 5.75 Å². The average molecular weight is 326 g/mol. The highest BCUT2D eigenvalue weighted by Crippen LogP contribution is 2.16. The van der Waals surface area contributed by atoms with Gasteiger partial charge in [0.2, 0.25) is 15.9 Å². The van der Waals surface area contributed by atoms with Crippen LogP contribution in [-0.2, 0) is 21.4 Å². The number of carbonyl (C=O) groups excluding carboxylic acids is 1. The summed E-state index contributed by atoms with van der Waals surface area (Å²) in [6.07, 6.45) is 2.70. The lowest BCUT2D eigenvalue weighted by molar-refractivity contribution is -0.121. The van der Waals surface area contributed by atoms with Crippen molar-refractivity contribution in [3.05, 3.63) is 42.5 Å². The summed E-state index contributed by atoms with van der Waals surface area (Å²) in [6, 6.07) is 7.39. The summed E-state index contributed by atoms with van der Waals surface area (Å²) in [7, 11) is -1.77. The van der Waals surface area contributed by atoms with Gasteiger partial charge >= 0.3 is 0 Å². The van der Waals surface area contributed by atoms with E-state index in [0.29, 0.717) is 12.3 Å². The van der Waals surface area contributed by atoms with Crippen LogP contribution in [0.15, 0.2) is 36.9 Å². The highest BCUT2D eigenvalue weighted by molar-refractivity contribution is 7.88. The van der Waals surface area contributed by atoms with E-state index < -0.39 is 10.0 Å². The van der Waals surface area contributed by atoms with E-state index in [2.05, 4.69) is 11.9 Å². The van der Waals surface area contributed by atoms with Gasteiger partial charge in [-0.2, -0.15) is 4.31 Å². The van der Waals surface area contributed by atoms with Crippen LogP contribution in [0.1, 0.15) is 12.0 Å². The van der Waals surface area contributed by atoms with E-state index in [1.54, 1.807) is 7.11 Å². The standard InChI is InChI=1S/C15H22N2O4S/c1-4-10-17(22(3,19)20)11-9-15(18)16-12-13-7-5-6-8-14(13)21-2/h4-8H,1,9-12H2,2-3H3,(H,16,18). The van der Waals surface area contributed by atoms with E-state index in [1.165, 1.54) is 10.4 Å². The van der Waals surface area contributed by atoms with Gasteiger partial charge in [0.05, 0.1) is 13.4 Å². The van der Waals surface area contributed by atoms with Crippen LogP contribution in [0, 0.1) is 0 Å². The van der Waals surface area contributed by atoms with Gasteiger partial charge in [0, 0.05) is 31.6 Å². The third kappa shape index (κ3) is 5.87. The Balaban J connectivity index is 2.51. The predicted molar refractivity (Wildman–Crippen MR) is 86.1 cm³/mol. The second-order valence-electron chi connectivity index (χ2n) is 4.75. The Hall–Kier alpha value is -1.86. The van der Waals surface area contributed by atoms with Gasteiger partial charge < -0.3 is 10.1 Å². The number of nitrogens with one attached hydrogen (secondary N) is 1. The van der Waals surface area contributed by atoms with Crippen LogP contribution in [0.2, 0.25) is 0 Å². The van der Waals surface area contributed by atoms with Gasteiger partial charge in [-0.15, -0.1) is 6.58 Å². The Morgan fingerprint density at radius 1 is 1.41 bits per heavy atom. The van der Waals surface area contributed by atoms with Crippen LogP contribution in [0.25, 0.3) is 0 Å². The van der Waals surface area contributed by atoms with E-state index >= 15 is 0 Å². The first-order valence-electron chi connectivity index (χ1n) is 6.83. The van der Waals surface area contributed by atoms with Crippen molar-refractivity contribution in [1.29, 1.82) is 0 Å². The van der Waals surface area contributed by atoms with Crippen molar-refractivity contribution in [2.45, 2.75) is 13.0 Å². The molecule has 0 atom stereocenters. The molecule has 0 aliphatic rings. The highest BCUT2D eigenvalue weighted by Gasteiger charge is 2.16. The van der Waals surface area contributed by atoms with E-state index in [-0.39, 0.29) is 25.4 Å². The first kappa shape index (κ1) is 18.2. The molecular formula is C15H22N2O4S. The minimum atomic E-state index is -3.34. The highest BCUT2D eigenvalue weighted by atomic mass is 32.2. The number of sulfonamides is 1. The zero-order valence-electron chi connectivity index (χ0n) is 12.9. The summed E-state index contributed by atoms with van der Waals surface area (Å²) in [5.41, 5.74) is 0.865. The van der Waals surface area contributed by atoms with E-state index in [1.807, 2.05) is 24.3 Å². The monoisotopic (exact) mass is 326 g/mol. The Morgan fingerprint density at radius 3 is 2.68 bits per heavy atom. The molecule has 0 radical (unpaired) electrons. The summed E-state index contributed by atoms with van der Waals surface area (Å²) < 4.78 is 29.5. The van der Waals surface area contributed by atoms with Crippen LogP contribution >= 0.6 is 0 Å². The zero-order chi connectivity index (χ0) is 16.6. The lowest BCUT2D eigenvalue weighted by Gasteiger charge is -2.17. The molecule has 1 amide bonds. The molecule has 0 spiro atoms. The van der Waals surface area contributed by atoms with Crippen LogP contribution in [0.3, 0.4) is 0 Å². The smallest absolute Gasteiger partial charge is 0.221 e. The first-order valence-corrected chi connectivity index (χ1v) is 8.68. The number of hydrogen-bond donors (Lipinski definition) is 1. The normalized spacial score (nSPS) is 11.2. The number of amides is 1.